The van der Waals surface area contributed by atoms with Crippen molar-refractivity contribution in [3.63, 3.8) is 0 Å². The zero-order valence-corrected chi connectivity index (χ0v) is 9.55. The summed E-state index contributed by atoms with van der Waals surface area (Å²) in [5, 5.41) is 0. The Labute approximate surface area is 94.0 Å². The molecule has 0 fully saturated rings. The van der Waals surface area contributed by atoms with Crippen molar-refractivity contribution in [2.45, 2.75) is 18.9 Å². The molecule has 1 unspecified atom stereocenters. The molecule has 2 rings (SSSR count). The average Bonchev–Trinajstić information content (AvgIpc) is 2.26. The molecule has 15 heavy (non-hydrogen) atoms. The fraction of sp³-hybridized carbons (Fsp3) is 0.417. The SMILES string of the molecule is CSCCC1CC(=O)c2ccccc2O1. The molecule has 1 aliphatic heterocycles. The summed E-state index contributed by atoms with van der Waals surface area (Å²) in [4.78, 5) is 11.8. The summed E-state index contributed by atoms with van der Waals surface area (Å²) in [7, 11) is 0. The van der Waals surface area contributed by atoms with Gasteiger partial charge in [-0.1, -0.05) is 12.1 Å². The Hall–Kier alpha value is -0.960. The molecular formula is C12H14O2S. The van der Waals surface area contributed by atoms with Gasteiger partial charge in [0, 0.05) is 6.42 Å². The predicted molar refractivity (Wildman–Crippen MR) is 62.8 cm³/mol. The van der Waals surface area contributed by atoms with Crippen molar-refractivity contribution in [2.75, 3.05) is 12.0 Å². The minimum Gasteiger partial charge on any atom is -0.489 e. The number of carbonyl (C=O) groups is 1. The first-order valence-corrected chi connectivity index (χ1v) is 6.48. The van der Waals surface area contributed by atoms with Crippen molar-refractivity contribution in [1.82, 2.24) is 0 Å². The minimum absolute atomic E-state index is 0.0693. The van der Waals surface area contributed by atoms with Crippen LogP contribution < -0.4 is 4.74 Å². The summed E-state index contributed by atoms with van der Waals surface area (Å²) >= 11 is 1.79. The first kappa shape index (κ1) is 10.6. The molecular weight excluding hydrogens is 208 g/mol. The minimum atomic E-state index is 0.0693. The number of fused-ring (bicyclic) bond motifs is 1. The molecule has 1 heterocycles. The van der Waals surface area contributed by atoms with Gasteiger partial charge in [0.2, 0.25) is 0 Å². The Morgan fingerprint density at radius 1 is 1.47 bits per heavy atom. The van der Waals surface area contributed by atoms with Gasteiger partial charge in [-0.05, 0) is 30.6 Å². The molecule has 1 aliphatic rings. The van der Waals surface area contributed by atoms with E-state index in [1.54, 1.807) is 11.8 Å². The van der Waals surface area contributed by atoms with Crippen LogP contribution >= 0.6 is 11.8 Å². The standard InChI is InChI=1S/C12H14O2S/c1-15-7-6-9-8-11(13)10-4-2-3-5-12(10)14-9/h2-5,9H,6-8H2,1H3. The van der Waals surface area contributed by atoms with Crippen molar-refractivity contribution in [3.8, 4) is 5.75 Å². The zero-order valence-electron chi connectivity index (χ0n) is 8.73. The smallest absolute Gasteiger partial charge is 0.170 e. The van der Waals surface area contributed by atoms with Gasteiger partial charge in [-0.3, -0.25) is 4.79 Å². The molecule has 0 spiro atoms. The monoisotopic (exact) mass is 222 g/mol. The molecule has 1 aromatic carbocycles. The van der Waals surface area contributed by atoms with Crippen molar-refractivity contribution in [2.24, 2.45) is 0 Å². The van der Waals surface area contributed by atoms with E-state index in [1.165, 1.54) is 0 Å². The summed E-state index contributed by atoms with van der Waals surface area (Å²) in [6, 6.07) is 7.49. The third-order valence-corrected chi connectivity index (χ3v) is 3.18. The van der Waals surface area contributed by atoms with Crippen LogP contribution in [0.4, 0.5) is 0 Å². The van der Waals surface area contributed by atoms with Crippen LogP contribution in [0.25, 0.3) is 0 Å². The van der Waals surface area contributed by atoms with Crippen LogP contribution in [0.5, 0.6) is 5.75 Å². The molecule has 1 aromatic rings. The second-order valence-corrected chi connectivity index (χ2v) is 4.63. The Morgan fingerprint density at radius 2 is 2.27 bits per heavy atom. The third-order valence-electron chi connectivity index (χ3n) is 2.54. The lowest BCUT2D eigenvalue weighted by Crippen LogP contribution is -2.27. The summed E-state index contributed by atoms with van der Waals surface area (Å²) in [5.74, 6) is 2.00. The van der Waals surface area contributed by atoms with Gasteiger partial charge >= 0.3 is 0 Å². The van der Waals surface area contributed by atoms with Gasteiger partial charge in [-0.2, -0.15) is 11.8 Å². The second-order valence-electron chi connectivity index (χ2n) is 3.64. The first-order valence-electron chi connectivity index (χ1n) is 5.09. The molecule has 0 radical (unpaired) electrons. The highest BCUT2D eigenvalue weighted by Crippen LogP contribution is 2.28. The van der Waals surface area contributed by atoms with Crippen LogP contribution in [0.3, 0.4) is 0 Å². The van der Waals surface area contributed by atoms with E-state index < -0.39 is 0 Å². The van der Waals surface area contributed by atoms with Gasteiger partial charge in [-0.15, -0.1) is 0 Å². The molecule has 0 amide bonds. The zero-order chi connectivity index (χ0) is 10.7. The molecule has 1 atom stereocenters. The summed E-state index contributed by atoms with van der Waals surface area (Å²) in [6.07, 6.45) is 3.61. The van der Waals surface area contributed by atoms with Crippen molar-refractivity contribution < 1.29 is 9.53 Å². The van der Waals surface area contributed by atoms with Gasteiger partial charge in [0.05, 0.1) is 5.56 Å². The van der Waals surface area contributed by atoms with Gasteiger partial charge in [-0.25, -0.2) is 0 Å². The number of benzene rings is 1. The predicted octanol–water partition coefficient (Wildman–Crippen LogP) is 2.77. The Morgan fingerprint density at radius 3 is 3.07 bits per heavy atom. The third kappa shape index (κ3) is 2.34. The Bertz CT molecular complexity index is 362. The van der Waals surface area contributed by atoms with Gasteiger partial charge in [0.1, 0.15) is 11.9 Å². The molecule has 0 aromatic heterocycles. The molecule has 0 saturated carbocycles. The van der Waals surface area contributed by atoms with E-state index in [1.807, 2.05) is 24.3 Å². The average molecular weight is 222 g/mol. The lowest BCUT2D eigenvalue weighted by atomic mass is 10.00. The maximum Gasteiger partial charge on any atom is 0.170 e. The highest BCUT2D eigenvalue weighted by Gasteiger charge is 2.25. The van der Waals surface area contributed by atoms with Crippen molar-refractivity contribution in [1.29, 1.82) is 0 Å². The number of hydrogen-bond donors (Lipinski definition) is 0. The van der Waals surface area contributed by atoms with E-state index in [9.17, 15) is 4.79 Å². The van der Waals surface area contributed by atoms with E-state index in [0.29, 0.717) is 6.42 Å². The molecule has 2 nitrogen and oxygen atoms in total. The van der Waals surface area contributed by atoms with Crippen LogP contribution in [0.15, 0.2) is 24.3 Å². The number of Topliss-reactive ketones (excluding diaryl/α,β-unsaturated/α-hetero) is 1. The number of ether oxygens (including phenoxy) is 1. The lowest BCUT2D eigenvalue weighted by molar-refractivity contribution is 0.0847. The number of carbonyl (C=O) groups excluding carboxylic acids is 1. The molecule has 0 aliphatic carbocycles. The lowest BCUT2D eigenvalue weighted by Gasteiger charge is -2.24. The largest absolute Gasteiger partial charge is 0.489 e. The molecule has 80 valence electrons. The number of para-hydroxylation sites is 1. The van der Waals surface area contributed by atoms with E-state index in [0.717, 1.165) is 23.5 Å². The summed E-state index contributed by atoms with van der Waals surface area (Å²) in [6.45, 7) is 0. The summed E-state index contributed by atoms with van der Waals surface area (Å²) < 4.78 is 5.77. The van der Waals surface area contributed by atoms with Crippen LogP contribution in [-0.4, -0.2) is 23.9 Å². The number of hydrogen-bond acceptors (Lipinski definition) is 3. The maximum atomic E-state index is 11.8. The number of rotatable bonds is 3. The fourth-order valence-electron chi connectivity index (χ4n) is 1.75. The molecule has 3 heteroatoms. The molecule has 0 saturated heterocycles. The fourth-order valence-corrected chi connectivity index (χ4v) is 2.25. The van der Waals surface area contributed by atoms with Crippen LogP contribution in [0, 0.1) is 0 Å². The van der Waals surface area contributed by atoms with Crippen LogP contribution in [-0.2, 0) is 0 Å². The van der Waals surface area contributed by atoms with Gasteiger partial charge in [0.15, 0.2) is 5.78 Å². The first-order chi connectivity index (χ1) is 7.31. The van der Waals surface area contributed by atoms with E-state index >= 15 is 0 Å². The normalized spacial score (nSPS) is 19.5. The quantitative estimate of drug-likeness (QED) is 0.786. The van der Waals surface area contributed by atoms with E-state index in [-0.39, 0.29) is 11.9 Å². The highest BCUT2D eigenvalue weighted by atomic mass is 32.2. The van der Waals surface area contributed by atoms with Crippen molar-refractivity contribution >= 4 is 17.5 Å². The number of ketones is 1. The molecule has 0 bridgehead atoms. The van der Waals surface area contributed by atoms with Gasteiger partial charge in [0.25, 0.3) is 0 Å². The van der Waals surface area contributed by atoms with Crippen LogP contribution in [0.2, 0.25) is 0 Å². The van der Waals surface area contributed by atoms with E-state index in [2.05, 4.69) is 6.26 Å². The highest BCUT2D eigenvalue weighted by molar-refractivity contribution is 7.98. The Kier molecular flexibility index (Phi) is 3.31. The number of thioether (sulfide) groups is 1. The Balaban J connectivity index is 2.12. The van der Waals surface area contributed by atoms with Crippen molar-refractivity contribution in [3.05, 3.63) is 29.8 Å². The topological polar surface area (TPSA) is 26.3 Å². The second kappa shape index (κ2) is 4.71. The maximum absolute atomic E-state index is 11.8. The van der Waals surface area contributed by atoms with Crippen LogP contribution in [0.1, 0.15) is 23.2 Å². The summed E-state index contributed by atoms with van der Waals surface area (Å²) in [5.41, 5.74) is 0.734. The van der Waals surface area contributed by atoms with Gasteiger partial charge < -0.3 is 4.74 Å². The van der Waals surface area contributed by atoms with E-state index in [4.69, 9.17) is 4.74 Å². The molecule has 0 N–H and O–H groups in total.